The van der Waals surface area contributed by atoms with Crippen LogP contribution in [0.2, 0.25) is 10.0 Å². The third-order valence-electron chi connectivity index (χ3n) is 7.26. The second-order valence-corrected chi connectivity index (χ2v) is 13.8. The van der Waals surface area contributed by atoms with Crippen LogP contribution in [0.5, 0.6) is 0 Å². The number of nitrogens with zero attached hydrogens (tertiary/aromatic N) is 2. The fourth-order valence-electron chi connectivity index (χ4n) is 4.93. The topological polar surface area (TPSA) is 86.8 Å². The zero-order chi connectivity index (χ0) is 31.7. The third kappa shape index (κ3) is 10.3. The van der Waals surface area contributed by atoms with Crippen LogP contribution in [0.25, 0.3) is 0 Å². The number of hydrogen-bond donors (Lipinski definition) is 1. The smallest absolute Gasteiger partial charge is 0.243 e. The zero-order valence-electron chi connectivity index (χ0n) is 25.4. The van der Waals surface area contributed by atoms with Gasteiger partial charge in [0.1, 0.15) is 6.04 Å². The molecule has 232 valence electrons. The molecule has 2 amide bonds. The highest BCUT2D eigenvalue weighted by Gasteiger charge is 2.31. The molecule has 1 N–H and O–H groups in total. The van der Waals surface area contributed by atoms with Crippen LogP contribution < -0.4 is 9.62 Å². The molecule has 0 saturated heterocycles. The van der Waals surface area contributed by atoms with Crippen molar-refractivity contribution in [3.05, 3.63) is 99.0 Å². The van der Waals surface area contributed by atoms with Gasteiger partial charge in [0.25, 0.3) is 0 Å². The van der Waals surface area contributed by atoms with E-state index in [0.717, 1.165) is 34.9 Å². The second kappa shape index (κ2) is 15.6. The zero-order valence-corrected chi connectivity index (χ0v) is 27.8. The number of sulfonamides is 1. The molecule has 0 unspecified atom stereocenters. The van der Waals surface area contributed by atoms with E-state index in [1.165, 1.54) is 4.31 Å². The highest BCUT2D eigenvalue weighted by Crippen LogP contribution is 2.26. The summed E-state index contributed by atoms with van der Waals surface area (Å²) >= 11 is 12.4. The molecular weight excluding hydrogens is 605 g/mol. The average molecular weight is 647 g/mol. The number of rotatable bonds is 14. The maximum atomic E-state index is 14.0. The van der Waals surface area contributed by atoms with Crippen molar-refractivity contribution in [2.75, 3.05) is 17.1 Å². The minimum Gasteiger partial charge on any atom is -0.352 e. The maximum Gasteiger partial charge on any atom is 0.243 e. The van der Waals surface area contributed by atoms with Gasteiger partial charge in [-0.15, -0.1) is 0 Å². The van der Waals surface area contributed by atoms with Crippen molar-refractivity contribution in [1.29, 1.82) is 0 Å². The third-order valence-corrected chi connectivity index (χ3v) is 9.19. The monoisotopic (exact) mass is 645 g/mol. The van der Waals surface area contributed by atoms with Gasteiger partial charge in [-0.1, -0.05) is 72.6 Å². The predicted molar refractivity (Wildman–Crippen MR) is 176 cm³/mol. The van der Waals surface area contributed by atoms with Crippen LogP contribution in [-0.4, -0.2) is 50.0 Å². The molecule has 3 aromatic rings. The number of hydrogen-bond acceptors (Lipinski definition) is 4. The summed E-state index contributed by atoms with van der Waals surface area (Å²) < 4.78 is 26.8. The van der Waals surface area contributed by atoms with Gasteiger partial charge in [-0.3, -0.25) is 13.9 Å². The van der Waals surface area contributed by atoms with E-state index < -0.39 is 16.1 Å². The van der Waals surface area contributed by atoms with Gasteiger partial charge in [0, 0.05) is 32.0 Å². The van der Waals surface area contributed by atoms with Crippen LogP contribution in [0.4, 0.5) is 5.69 Å². The van der Waals surface area contributed by atoms with Gasteiger partial charge in [-0.25, -0.2) is 8.42 Å². The molecule has 0 aliphatic rings. The summed E-state index contributed by atoms with van der Waals surface area (Å²) in [5, 5.41) is 3.80. The molecule has 7 nitrogen and oxygen atoms in total. The van der Waals surface area contributed by atoms with Crippen molar-refractivity contribution < 1.29 is 18.0 Å². The number of halogens is 2. The van der Waals surface area contributed by atoms with E-state index in [2.05, 4.69) is 5.32 Å². The predicted octanol–water partition coefficient (Wildman–Crippen LogP) is 6.71. The summed E-state index contributed by atoms with van der Waals surface area (Å²) in [5.41, 5.74) is 4.10. The van der Waals surface area contributed by atoms with E-state index >= 15 is 0 Å². The highest BCUT2D eigenvalue weighted by atomic mass is 35.5. The van der Waals surface area contributed by atoms with Crippen LogP contribution in [0, 0.1) is 13.8 Å². The lowest BCUT2D eigenvalue weighted by Gasteiger charge is -2.33. The molecule has 0 radical (unpaired) electrons. The van der Waals surface area contributed by atoms with Crippen molar-refractivity contribution in [2.24, 2.45) is 0 Å². The van der Waals surface area contributed by atoms with Crippen LogP contribution in [0.15, 0.2) is 66.7 Å². The fraction of sp³-hybridized carbons (Fsp3) is 0.394. The molecule has 3 rings (SSSR count). The summed E-state index contributed by atoms with van der Waals surface area (Å²) in [6, 6.07) is 19.5. The number of benzene rings is 3. The summed E-state index contributed by atoms with van der Waals surface area (Å²) in [7, 11) is -3.60. The van der Waals surface area contributed by atoms with Gasteiger partial charge in [0.05, 0.1) is 22.0 Å². The molecule has 43 heavy (non-hydrogen) atoms. The first kappa shape index (κ1) is 34.4. The maximum absolute atomic E-state index is 14.0. The van der Waals surface area contributed by atoms with Crippen LogP contribution in [-0.2, 0) is 32.6 Å². The van der Waals surface area contributed by atoms with E-state index in [-0.39, 0.29) is 43.8 Å². The molecule has 0 fully saturated rings. The van der Waals surface area contributed by atoms with Gasteiger partial charge in [0.2, 0.25) is 21.8 Å². The van der Waals surface area contributed by atoms with Gasteiger partial charge >= 0.3 is 0 Å². The Morgan fingerprint density at radius 3 is 2.14 bits per heavy atom. The Bertz CT molecular complexity index is 1500. The number of carbonyl (C=O) groups is 2. The minimum atomic E-state index is -3.60. The van der Waals surface area contributed by atoms with E-state index in [4.69, 9.17) is 23.2 Å². The second-order valence-electron chi connectivity index (χ2n) is 11.1. The van der Waals surface area contributed by atoms with E-state index in [1.54, 1.807) is 23.1 Å². The Balaban J connectivity index is 1.93. The standard InChI is InChI=1S/C33H41Cl2N3O4S/c1-6-25(4)36-33(40)31(21-26-11-8-7-9-12-26)37(22-27-14-15-29(34)30(35)20-27)32(39)13-10-16-38(43(5,41)42)28-18-23(2)17-24(3)19-28/h7-9,11-12,14-15,17-20,25,31H,6,10,13,16,21-22H2,1-5H3,(H,36,40)/t25-,31-/m1/s1. The number of amides is 2. The first-order chi connectivity index (χ1) is 20.3. The molecule has 2 atom stereocenters. The molecule has 0 aromatic heterocycles. The Labute approximate surface area is 266 Å². The Kier molecular flexibility index (Phi) is 12.5. The number of anilines is 1. The quantitative estimate of drug-likeness (QED) is 0.211. The Hall–Kier alpha value is -3.07. The van der Waals surface area contributed by atoms with E-state index in [1.807, 2.05) is 76.2 Å². The lowest BCUT2D eigenvalue weighted by molar-refractivity contribution is -0.141. The highest BCUT2D eigenvalue weighted by molar-refractivity contribution is 7.92. The van der Waals surface area contributed by atoms with Crippen molar-refractivity contribution in [3.8, 4) is 0 Å². The summed E-state index contributed by atoms with van der Waals surface area (Å²) in [6.45, 7) is 8.00. The number of aryl methyl sites for hydroxylation is 2. The summed E-state index contributed by atoms with van der Waals surface area (Å²) in [6.07, 6.45) is 2.53. The normalized spacial score (nSPS) is 12.8. The van der Waals surface area contributed by atoms with Gasteiger partial charge in [-0.2, -0.15) is 0 Å². The van der Waals surface area contributed by atoms with Crippen molar-refractivity contribution in [2.45, 2.75) is 72.0 Å². The van der Waals surface area contributed by atoms with Gasteiger partial charge in [-0.05, 0) is 80.1 Å². The first-order valence-corrected chi connectivity index (χ1v) is 17.0. The Morgan fingerprint density at radius 2 is 1.56 bits per heavy atom. The number of nitrogens with one attached hydrogen (secondary N) is 1. The molecule has 0 aliphatic heterocycles. The van der Waals surface area contributed by atoms with Crippen LogP contribution >= 0.6 is 23.2 Å². The van der Waals surface area contributed by atoms with Crippen molar-refractivity contribution >= 4 is 50.7 Å². The van der Waals surface area contributed by atoms with Crippen molar-refractivity contribution in [1.82, 2.24) is 10.2 Å². The molecule has 0 aliphatic carbocycles. The largest absolute Gasteiger partial charge is 0.352 e. The van der Waals surface area contributed by atoms with Gasteiger partial charge in [0.15, 0.2) is 0 Å². The molecule has 10 heteroatoms. The lowest BCUT2D eigenvalue weighted by Crippen LogP contribution is -2.52. The molecule has 0 spiro atoms. The van der Waals surface area contributed by atoms with Crippen LogP contribution in [0.1, 0.15) is 55.4 Å². The van der Waals surface area contributed by atoms with E-state index in [0.29, 0.717) is 22.2 Å². The Morgan fingerprint density at radius 1 is 0.907 bits per heavy atom. The lowest BCUT2D eigenvalue weighted by atomic mass is 10.0. The van der Waals surface area contributed by atoms with Crippen LogP contribution in [0.3, 0.4) is 0 Å². The molecule has 0 bridgehead atoms. The van der Waals surface area contributed by atoms with Gasteiger partial charge < -0.3 is 10.2 Å². The minimum absolute atomic E-state index is 0.0417. The molecule has 0 heterocycles. The van der Waals surface area contributed by atoms with Crippen molar-refractivity contribution in [3.63, 3.8) is 0 Å². The fourth-order valence-corrected chi connectivity index (χ4v) is 6.20. The summed E-state index contributed by atoms with van der Waals surface area (Å²) in [4.78, 5) is 29.3. The molecular formula is C33H41Cl2N3O4S. The molecule has 0 saturated carbocycles. The van der Waals surface area contributed by atoms with E-state index in [9.17, 15) is 18.0 Å². The summed E-state index contributed by atoms with van der Waals surface area (Å²) in [5.74, 6) is -0.514. The number of carbonyl (C=O) groups excluding carboxylic acids is 2. The average Bonchev–Trinajstić information content (AvgIpc) is 2.93. The SMILES string of the molecule is CC[C@@H](C)NC(=O)[C@@H](Cc1ccccc1)N(Cc1ccc(Cl)c(Cl)c1)C(=O)CCCN(c1cc(C)cc(C)c1)S(C)(=O)=O. The first-order valence-electron chi connectivity index (χ1n) is 14.4. The molecule has 3 aromatic carbocycles.